The maximum atomic E-state index is 13.2. The van der Waals surface area contributed by atoms with Crippen LogP contribution in [0.2, 0.25) is 0 Å². The van der Waals surface area contributed by atoms with Crippen LogP contribution in [0, 0.1) is 5.82 Å². The maximum Gasteiger partial charge on any atom is 0.172 e. The molecule has 0 aromatic heterocycles. The summed E-state index contributed by atoms with van der Waals surface area (Å²) in [5.74, 6) is -0.242. The molecule has 0 saturated carbocycles. The van der Waals surface area contributed by atoms with E-state index in [0.29, 0.717) is 5.57 Å². The molecule has 0 bridgehead atoms. The van der Waals surface area contributed by atoms with Gasteiger partial charge in [0.05, 0.1) is 5.41 Å². The van der Waals surface area contributed by atoms with Gasteiger partial charge in [-0.05, 0) is 54.3 Å². The van der Waals surface area contributed by atoms with Crippen LogP contribution in [-0.4, -0.2) is 5.78 Å². The van der Waals surface area contributed by atoms with Gasteiger partial charge in [-0.1, -0.05) is 48.5 Å². The molecule has 0 spiro atoms. The van der Waals surface area contributed by atoms with Gasteiger partial charge in [-0.15, -0.1) is 0 Å². The van der Waals surface area contributed by atoms with Crippen LogP contribution in [0.15, 0.2) is 72.3 Å². The molecule has 0 aliphatic heterocycles. The zero-order valence-corrected chi connectivity index (χ0v) is 12.6. The van der Waals surface area contributed by atoms with Crippen molar-refractivity contribution in [3.05, 3.63) is 89.3 Å². The second kappa shape index (κ2) is 5.38. The predicted octanol–water partition coefficient (Wildman–Crippen LogP) is 4.70. The lowest BCUT2D eigenvalue weighted by Gasteiger charge is -2.30. The van der Waals surface area contributed by atoms with Crippen LogP contribution in [-0.2, 0) is 10.2 Å². The van der Waals surface area contributed by atoms with Crippen molar-refractivity contribution in [1.82, 2.24) is 0 Å². The summed E-state index contributed by atoms with van der Waals surface area (Å²) in [5.41, 5.74) is 2.85. The molecule has 1 nitrogen and oxygen atoms in total. The number of ketones is 1. The molecule has 1 unspecified atom stereocenters. The van der Waals surface area contributed by atoms with Gasteiger partial charge in [0.25, 0.3) is 0 Å². The Balaban J connectivity index is 2.14. The number of carbonyl (C=O) groups excluding carboxylic acids is 1. The largest absolute Gasteiger partial charge is 0.293 e. The molecule has 1 aliphatic carbocycles. The number of hydrogen-bond acceptors (Lipinski definition) is 1. The van der Waals surface area contributed by atoms with Crippen molar-refractivity contribution < 1.29 is 9.18 Å². The first-order chi connectivity index (χ1) is 10.5. The summed E-state index contributed by atoms with van der Waals surface area (Å²) in [4.78, 5) is 12.7. The summed E-state index contributed by atoms with van der Waals surface area (Å²) in [7, 11) is 0. The first-order valence-electron chi connectivity index (χ1n) is 7.28. The molecule has 0 saturated heterocycles. The van der Waals surface area contributed by atoms with Crippen molar-refractivity contribution in [3.63, 3.8) is 0 Å². The molecule has 0 N–H and O–H groups in total. The fraction of sp³-hybridized carbons (Fsp3) is 0.150. The van der Waals surface area contributed by atoms with E-state index >= 15 is 0 Å². The molecule has 2 aromatic carbocycles. The highest BCUT2D eigenvalue weighted by Crippen LogP contribution is 2.37. The average molecular weight is 292 g/mol. The van der Waals surface area contributed by atoms with E-state index in [1.165, 1.54) is 12.1 Å². The van der Waals surface area contributed by atoms with E-state index in [1.807, 2.05) is 56.3 Å². The number of Topliss-reactive ketones (excluding diaryl/α,β-unsaturated/α-hetero) is 1. The third kappa shape index (κ3) is 2.41. The third-order valence-corrected chi connectivity index (χ3v) is 4.20. The first kappa shape index (κ1) is 14.5. The van der Waals surface area contributed by atoms with Crippen LogP contribution >= 0.6 is 0 Å². The van der Waals surface area contributed by atoms with E-state index in [2.05, 4.69) is 0 Å². The molecule has 2 heteroatoms. The highest BCUT2D eigenvalue weighted by molar-refractivity contribution is 6.09. The summed E-state index contributed by atoms with van der Waals surface area (Å²) < 4.78 is 13.2. The van der Waals surface area contributed by atoms with Gasteiger partial charge in [0.1, 0.15) is 5.82 Å². The van der Waals surface area contributed by atoms with E-state index in [0.717, 1.165) is 16.7 Å². The Morgan fingerprint density at radius 1 is 0.955 bits per heavy atom. The van der Waals surface area contributed by atoms with E-state index in [-0.39, 0.29) is 11.6 Å². The Kier molecular flexibility index (Phi) is 3.53. The lowest BCUT2D eigenvalue weighted by Crippen LogP contribution is -2.33. The van der Waals surface area contributed by atoms with E-state index < -0.39 is 5.41 Å². The molecule has 22 heavy (non-hydrogen) atoms. The minimum Gasteiger partial charge on any atom is -0.293 e. The Bertz CT molecular complexity index is 769. The molecule has 0 fully saturated rings. The quantitative estimate of drug-likeness (QED) is 0.784. The Labute approximate surface area is 129 Å². The van der Waals surface area contributed by atoms with Crippen molar-refractivity contribution in [2.24, 2.45) is 0 Å². The molecular weight excluding hydrogens is 275 g/mol. The van der Waals surface area contributed by atoms with E-state index in [1.54, 1.807) is 12.1 Å². The van der Waals surface area contributed by atoms with Crippen LogP contribution in [0.4, 0.5) is 4.39 Å². The normalized spacial score (nSPS) is 21.3. The highest BCUT2D eigenvalue weighted by atomic mass is 19.1. The van der Waals surface area contributed by atoms with Crippen LogP contribution in [0.25, 0.3) is 5.57 Å². The minimum atomic E-state index is -0.766. The Morgan fingerprint density at radius 2 is 1.59 bits per heavy atom. The number of hydrogen-bond donors (Lipinski definition) is 0. The topological polar surface area (TPSA) is 17.1 Å². The number of benzene rings is 2. The summed E-state index contributed by atoms with van der Waals surface area (Å²) >= 11 is 0. The highest BCUT2D eigenvalue weighted by Gasteiger charge is 2.36. The summed E-state index contributed by atoms with van der Waals surface area (Å²) in [6.07, 6.45) is 3.90. The van der Waals surface area contributed by atoms with Gasteiger partial charge in [-0.2, -0.15) is 0 Å². The van der Waals surface area contributed by atoms with Crippen molar-refractivity contribution in [2.45, 2.75) is 19.3 Å². The van der Waals surface area contributed by atoms with Gasteiger partial charge in [0.2, 0.25) is 0 Å². The summed E-state index contributed by atoms with van der Waals surface area (Å²) in [5, 5.41) is 0. The van der Waals surface area contributed by atoms with Crippen molar-refractivity contribution in [2.75, 3.05) is 0 Å². The van der Waals surface area contributed by atoms with Gasteiger partial charge >= 0.3 is 0 Å². The lowest BCUT2D eigenvalue weighted by molar-refractivity contribution is -0.118. The molecule has 2 aromatic rings. The minimum absolute atomic E-state index is 0.0544. The molecule has 0 radical (unpaired) electrons. The van der Waals surface area contributed by atoms with Gasteiger partial charge in [0, 0.05) is 0 Å². The Hall–Kier alpha value is -2.48. The molecular formula is C20H17FO. The molecule has 110 valence electrons. The van der Waals surface area contributed by atoms with Crippen molar-refractivity contribution >= 4 is 11.4 Å². The zero-order chi connectivity index (χ0) is 15.7. The molecule has 1 aliphatic rings. The third-order valence-electron chi connectivity index (χ3n) is 4.20. The van der Waals surface area contributed by atoms with Crippen LogP contribution in [0.1, 0.15) is 25.0 Å². The standard InChI is InChI=1S/C20H17FO/c1-14-12-16(15-6-4-3-5-7-15)13-20(2,19(14)22)17-8-10-18(21)11-9-17/h3-13H,1-2H3. The Morgan fingerprint density at radius 3 is 2.23 bits per heavy atom. The van der Waals surface area contributed by atoms with E-state index in [4.69, 9.17) is 0 Å². The van der Waals surface area contributed by atoms with Crippen LogP contribution in [0.3, 0.4) is 0 Å². The molecule has 3 rings (SSSR count). The van der Waals surface area contributed by atoms with Gasteiger partial charge in [-0.25, -0.2) is 4.39 Å². The monoisotopic (exact) mass is 292 g/mol. The van der Waals surface area contributed by atoms with Crippen LogP contribution < -0.4 is 0 Å². The average Bonchev–Trinajstić information content (AvgIpc) is 2.53. The SMILES string of the molecule is CC1=CC(c2ccccc2)=CC(C)(c2ccc(F)cc2)C1=O. The summed E-state index contributed by atoms with van der Waals surface area (Å²) in [6, 6.07) is 16.1. The number of halogens is 1. The first-order valence-corrected chi connectivity index (χ1v) is 7.28. The fourth-order valence-corrected chi connectivity index (χ4v) is 2.93. The maximum absolute atomic E-state index is 13.2. The van der Waals surface area contributed by atoms with Crippen molar-refractivity contribution in [3.8, 4) is 0 Å². The number of carbonyl (C=O) groups is 1. The summed E-state index contributed by atoms with van der Waals surface area (Å²) in [6.45, 7) is 3.72. The van der Waals surface area contributed by atoms with Crippen molar-refractivity contribution in [1.29, 1.82) is 0 Å². The number of allylic oxidation sites excluding steroid dienone is 4. The van der Waals surface area contributed by atoms with E-state index in [9.17, 15) is 9.18 Å². The molecule has 1 atom stereocenters. The zero-order valence-electron chi connectivity index (χ0n) is 12.6. The molecule has 0 heterocycles. The van der Waals surface area contributed by atoms with Gasteiger partial charge < -0.3 is 0 Å². The smallest absolute Gasteiger partial charge is 0.172 e. The second-order valence-electron chi connectivity index (χ2n) is 5.83. The second-order valence-corrected chi connectivity index (χ2v) is 5.83. The lowest BCUT2D eigenvalue weighted by atomic mass is 9.71. The van der Waals surface area contributed by atoms with Crippen LogP contribution in [0.5, 0.6) is 0 Å². The van der Waals surface area contributed by atoms with Gasteiger partial charge in [-0.3, -0.25) is 4.79 Å². The molecule has 0 amide bonds. The fourth-order valence-electron chi connectivity index (χ4n) is 2.93. The predicted molar refractivity (Wildman–Crippen MR) is 86.9 cm³/mol. The number of rotatable bonds is 2. The van der Waals surface area contributed by atoms with Gasteiger partial charge in [0.15, 0.2) is 5.78 Å².